The number of hydrogen-bond donors (Lipinski definition) is 1. The number of hydrogen-bond acceptors (Lipinski definition) is 2. The molecule has 29 heavy (non-hydrogen) atoms. The number of carbonyl (C=O) groups excluding carboxylic acids is 2. The number of amides is 2. The van der Waals surface area contributed by atoms with Crippen molar-refractivity contribution in [2.75, 3.05) is 6.54 Å². The number of carbonyl (C=O) groups is 2. The van der Waals surface area contributed by atoms with Gasteiger partial charge in [0.2, 0.25) is 5.91 Å². The Morgan fingerprint density at radius 1 is 1.03 bits per heavy atom. The van der Waals surface area contributed by atoms with E-state index in [-0.39, 0.29) is 17.9 Å². The topological polar surface area (TPSA) is 49.4 Å². The van der Waals surface area contributed by atoms with Crippen LogP contribution in [0.15, 0.2) is 42.5 Å². The molecule has 1 aliphatic heterocycles. The first-order chi connectivity index (χ1) is 14.0. The van der Waals surface area contributed by atoms with Crippen LogP contribution in [-0.4, -0.2) is 29.3 Å². The second-order valence-corrected chi connectivity index (χ2v) is 8.73. The van der Waals surface area contributed by atoms with Gasteiger partial charge in [-0.25, -0.2) is 0 Å². The first-order valence-corrected chi connectivity index (χ1v) is 10.7. The predicted molar refractivity (Wildman–Crippen MR) is 115 cm³/mol. The summed E-state index contributed by atoms with van der Waals surface area (Å²) >= 11 is 0. The first-order valence-electron chi connectivity index (χ1n) is 10.7. The summed E-state index contributed by atoms with van der Waals surface area (Å²) in [7, 11) is 0. The highest BCUT2D eigenvalue weighted by Crippen LogP contribution is 2.28. The SMILES string of the molecule is Cc1ccc(C)c(C(=O)NC2CCC(CN3Cc4ccccc4CC3=O)CC2)c1. The molecule has 0 atom stereocenters. The van der Waals surface area contributed by atoms with E-state index in [1.54, 1.807) is 0 Å². The Morgan fingerprint density at radius 3 is 2.52 bits per heavy atom. The summed E-state index contributed by atoms with van der Waals surface area (Å²) in [6.45, 7) is 5.57. The maximum Gasteiger partial charge on any atom is 0.251 e. The average Bonchev–Trinajstić information content (AvgIpc) is 2.71. The monoisotopic (exact) mass is 390 g/mol. The van der Waals surface area contributed by atoms with E-state index in [0.29, 0.717) is 12.3 Å². The van der Waals surface area contributed by atoms with Crippen LogP contribution >= 0.6 is 0 Å². The molecule has 1 saturated carbocycles. The van der Waals surface area contributed by atoms with Crippen LogP contribution in [0.2, 0.25) is 0 Å². The molecule has 152 valence electrons. The Kier molecular flexibility index (Phi) is 5.70. The van der Waals surface area contributed by atoms with E-state index in [2.05, 4.69) is 23.5 Å². The number of benzene rings is 2. The fourth-order valence-electron chi connectivity index (χ4n) is 4.66. The smallest absolute Gasteiger partial charge is 0.251 e. The van der Waals surface area contributed by atoms with Gasteiger partial charge in [0.25, 0.3) is 5.91 Å². The zero-order valence-corrected chi connectivity index (χ0v) is 17.4. The van der Waals surface area contributed by atoms with Gasteiger partial charge in [-0.3, -0.25) is 9.59 Å². The minimum atomic E-state index is 0.0393. The molecule has 2 aliphatic rings. The van der Waals surface area contributed by atoms with Crippen LogP contribution in [0.3, 0.4) is 0 Å². The molecule has 0 saturated heterocycles. The maximum atomic E-state index is 12.7. The van der Waals surface area contributed by atoms with E-state index in [9.17, 15) is 9.59 Å². The largest absolute Gasteiger partial charge is 0.349 e. The Morgan fingerprint density at radius 2 is 1.76 bits per heavy atom. The van der Waals surface area contributed by atoms with Gasteiger partial charge in [0, 0.05) is 24.7 Å². The molecule has 1 heterocycles. The Hall–Kier alpha value is -2.62. The quantitative estimate of drug-likeness (QED) is 0.851. The number of rotatable bonds is 4. The molecular weight excluding hydrogens is 360 g/mol. The lowest BCUT2D eigenvalue weighted by Gasteiger charge is -2.35. The first kappa shape index (κ1) is 19.7. The van der Waals surface area contributed by atoms with Gasteiger partial charge in [-0.1, -0.05) is 42.0 Å². The van der Waals surface area contributed by atoms with Crippen LogP contribution in [0.25, 0.3) is 0 Å². The van der Waals surface area contributed by atoms with Crippen LogP contribution < -0.4 is 5.32 Å². The Labute approximate surface area is 173 Å². The zero-order valence-electron chi connectivity index (χ0n) is 17.4. The summed E-state index contributed by atoms with van der Waals surface area (Å²) in [6, 6.07) is 14.5. The molecule has 0 spiro atoms. The molecule has 4 nitrogen and oxygen atoms in total. The molecule has 2 aromatic rings. The Balaban J connectivity index is 1.29. The summed E-state index contributed by atoms with van der Waals surface area (Å²) in [6.07, 6.45) is 4.61. The van der Waals surface area contributed by atoms with E-state index < -0.39 is 0 Å². The minimum Gasteiger partial charge on any atom is -0.349 e. The van der Waals surface area contributed by atoms with Crippen LogP contribution in [0.1, 0.15) is 58.3 Å². The standard InChI is InChI=1S/C25H30N2O2/c1-17-7-8-18(2)23(13-17)25(29)26-22-11-9-19(10-12-22)15-27-16-21-6-4-3-5-20(21)14-24(27)28/h3-8,13,19,22H,9-12,14-16H2,1-2H3,(H,26,29). The van der Waals surface area contributed by atoms with Gasteiger partial charge in [0.1, 0.15) is 0 Å². The summed E-state index contributed by atoms with van der Waals surface area (Å²) in [5.74, 6) is 0.810. The maximum absolute atomic E-state index is 12.7. The van der Waals surface area contributed by atoms with Gasteiger partial charge < -0.3 is 10.2 Å². The highest BCUT2D eigenvalue weighted by molar-refractivity contribution is 5.96. The van der Waals surface area contributed by atoms with Crippen LogP contribution in [0.4, 0.5) is 0 Å². The summed E-state index contributed by atoms with van der Waals surface area (Å²) in [5.41, 5.74) is 5.36. The molecule has 0 bridgehead atoms. The van der Waals surface area contributed by atoms with Crippen LogP contribution in [-0.2, 0) is 17.8 Å². The molecular formula is C25H30N2O2. The molecule has 1 fully saturated rings. The van der Waals surface area contributed by atoms with Gasteiger partial charge in [-0.05, 0) is 68.2 Å². The number of aryl methyl sites for hydroxylation is 2. The third-order valence-electron chi connectivity index (χ3n) is 6.47. The molecule has 2 aromatic carbocycles. The minimum absolute atomic E-state index is 0.0393. The molecule has 2 amide bonds. The van der Waals surface area contributed by atoms with Gasteiger partial charge in [0.15, 0.2) is 0 Å². The van der Waals surface area contributed by atoms with Crippen molar-refractivity contribution in [1.82, 2.24) is 10.2 Å². The van der Waals surface area contributed by atoms with Gasteiger partial charge in [-0.2, -0.15) is 0 Å². The van der Waals surface area contributed by atoms with E-state index in [4.69, 9.17) is 0 Å². The van der Waals surface area contributed by atoms with Crippen LogP contribution in [0.5, 0.6) is 0 Å². The lowest BCUT2D eigenvalue weighted by Crippen LogP contribution is -2.42. The molecule has 0 aromatic heterocycles. The zero-order chi connectivity index (χ0) is 20.4. The fraction of sp³-hybridized carbons (Fsp3) is 0.440. The fourth-order valence-corrected chi connectivity index (χ4v) is 4.66. The third kappa shape index (κ3) is 4.52. The summed E-state index contributed by atoms with van der Waals surface area (Å²) < 4.78 is 0. The summed E-state index contributed by atoms with van der Waals surface area (Å²) in [4.78, 5) is 27.2. The lowest BCUT2D eigenvalue weighted by atomic mass is 9.85. The van der Waals surface area contributed by atoms with E-state index >= 15 is 0 Å². The van der Waals surface area contributed by atoms with Crippen LogP contribution in [0, 0.1) is 19.8 Å². The predicted octanol–water partition coefficient (Wildman–Crippen LogP) is 4.18. The number of nitrogens with one attached hydrogen (secondary N) is 1. The molecule has 1 N–H and O–H groups in total. The number of fused-ring (bicyclic) bond motifs is 1. The van der Waals surface area contributed by atoms with Crippen molar-refractivity contribution in [2.24, 2.45) is 5.92 Å². The molecule has 4 heteroatoms. The van der Waals surface area contributed by atoms with Crippen molar-refractivity contribution in [3.8, 4) is 0 Å². The van der Waals surface area contributed by atoms with Crippen molar-refractivity contribution in [2.45, 2.75) is 58.5 Å². The number of nitrogens with zero attached hydrogens (tertiary/aromatic N) is 1. The highest BCUT2D eigenvalue weighted by atomic mass is 16.2. The normalized spacial score (nSPS) is 21.6. The molecule has 0 unspecified atom stereocenters. The molecule has 0 radical (unpaired) electrons. The Bertz CT molecular complexity index is 913. The van der Waals surface area contributed by atoms with E-state index in [1.165, 1.54) is 11.1 Å². The van der Waals surface area contributed by atoms with Gasteiger partial charge in [0.05, 0.1) is 6.42 Å². The highest BCUT2D eigenvalue weighted by Gasteiger charge is 2.28. The third-order valence-corrected chi connectivity index (χ3v) is 6.47. The second-order valence-electron chi connectivity index (χ2n) is 8.73. The molecule has 4 rings (SSSR count). The average molecular weight is 391 g/mol. The van der Waals surface area contributed by atoms with Gasteiger partial charge >= 0.3 is 0 Å². The summed E-state index contributed by atoms with van der Waals surface area (Å²) in [5, 5.41) is 3.23. The van der Waals surface area contributed by atoms with Gasteiger partial charge in [-0.15, -0.1) is 0 Å². The van der Waals surface area contributed by atoms with Crippen molar-refractivity contribution in [3.63, 3.8) is 0 Å². The van der Waals surface area contributed by atoms with E-state index in [1.807, 2.05) is 43.0 Å². The molecule has 1 aliphatic carbocycles. The van der Waals surface area contributed by atoms with Crippen molar-refractivity contribution in [3.05, 3.63) is 70.3 Å². The second kappa shape index (κ2) is 8.40. The lowest BCUT2D eigenvalue weighted by molar-refractivity contribution is -0.132. The van der Waals surface area contributed by atoms with Crippen molar-refractivity contribution in [1.29, 1.82) is 0 Å². The van der Waals surface area contributed by atoms with Crippen molar-refractivity contribution >= 4 is 11.8 Å². The van der Waals surface area contributed by atoms with E-state index in [0.717, 1.165) is 55.5 Å². The van der Waals surface area contributed by atoms with Crippen molar-refractivity contribution < 1.29 is 9.59 Å².